The molecule has 1 aromatic rings. The molecule has 1 atom stereocenters. The summed E-state index contributed by atoms with van der Waals surface area (Å²) in [5.74, 6) is -0.658. The van der Waals surface area contributed by atoms with Gasteiger partial charge < -0.3 is 15.8 Å². The predicted octanol–water partition coefficient (Wildman–Crippen LogP) is 1.11. The molecule has 0 saturated carbocycles. The molecule has 0 bridgehead atoms. The van der Waals surface area contributed by atoms with Crippen molar-refractivity contribution < 1.29 is 14.3 Å². The topological polar surface area (TPSA) is 99.2 Å². The van der Waals surface area contributed by atoms with E-state index in [0.29, 0.717) is 18.2 Å². The number of hydrogen-bond donors (Lipinski definition) is 2. The van der Waals surface area contributed by atoms with Crippen LogP contribution in [0.1, 0.15) is 43.9 Å². The Bertz CT molecular complexity index is 523. The lowest BCUT2D eigenvalue weighted by atomic mass is 10.1. The van der Waals surface area contributed by atoms with E-state index in [2.05, 4.69) is 10.4 Å². The zero-order chi connectivity index (χ0) is 16.2. The van der Waals surface area contributed by atoms with Crippen molar-refractivity contribution in [2.75, 3.05) is 12.3 Å². The summed E-state index contributed by atoms with van der Waals surface area (Å²) in [6.07, 6.45) is 0. The number of aromatic nitrogens is 2. The number of esters is 1. The van der Waals surface area contributed by atoms with Gasteiger partial charge in [-0.3, -0.25) is 9.48 Å². The molecule has 3 N–H and O–H groups in total. The first-order valence-electron chi connectivity index (χ1n) is 7.07. The quantitative estimate of drug-likeness (QED) is 0.766. The zero-order valence-electron chi connectivity index (χ0n) is 13.3. The molecular weight excluding hydrogens is 272 g/mol. The first-order chi connectivity index (χ1) is 9.77. The Labute approximate surface area is 124 Å². The minimum atomic E-state index is -0.637. The second-order valence-corrected chi connectivity index (χ2v) is 5.34. The number of nitrogens with zero attached hydrogens (tertiary/aromatic N) is 2. The highest BCUT2D eigenvalue weighted by molar-refractivity contribution is 5.95. The van der Waals surface area contributed by atoms with E-state index >= 15 is 0 Å². The summed E-state index contributed by atoms with van der Waals surface area (Å²) < 4.78 is 6.49. The van der Waals surface area contributed by atoms with E-state index in [1.807, 2.05) is 27.7 Å². The monoisotopic (exact) mass is 296 g/mol. The Kier molecular flexibility index (Phi) is 5.75. The van der Waals surface area contributed by atoms with Crippen molar-refractivity contribution in [1.29, 1.82) is 0 Å². The molecule has 7 heteroatoms. The number of aryl methyl sites for hydroxylation is 2. The fourth-order valence-electron chi connectivity index (χ4n) is 1.70. The molecule has 1 rings (SSSR count). The average Bonchev–Trinajstić information content (AvgIpc) is 2.71. The molecule has 0 fully saturated rings. The van der Waals surface area contributed by atoms with Crippen molar-refractivity contribution in [3.8, 4) is 0 Å². The Balaban J connectivity index is 2.64. The van der Waals surface area contributed by atoms with Crippen LogP contribution in [0.15, 0.2) is 0 Å². The number of rotatable bonds is 6. The van der Waals surface area contributed by atoms with E-state index in [9.17, 15) is 9.59 Å². The molecule has 1 amide bonds. The summed E-state index contributed by atoms with van der Waals surface area (Å²) in [6, 6.07) is 0.0182. The van der Waals surface area contributed by atoms with Crippen LogP contribution in [-0.2, 0) is 16.1 Å². The predicted molar refractivity (Wildman–Crippen MR) is 79.8 cm³/mol. The Morgan fingerprint density at radius 1 is 1.38 bits per heavy atom. The van der Waals surface area contributed by atoms with Gasteiger partial charge in [0, 0.05) is 12.6 Å². The summed E-state index contributed by atoms with van der Waals surface area (Å²) in [5, 5.41) is 6.90. The van der Waals surface area contributed by atoms with E-state index in [4.69, 9.17) is 10.5 Å². The molecule has 0 radical (unpaired) electrons. The summed E-state index contributed by atoms with van der Waals surface area (Å²) in [6.45, 7) is 9.63. The number of nitrogen functional groups attached to an aromatic ring is 1. The van der Waals surface area contributed by atoms with Crippen molar-refractivity contribution in [3.63, 3.8) is 0 Å². The molecule has 21 heavy (non-hydrogen) atoms. The maximum Gasteiger partial charge on any atom is 0.359 e. The first kappa shape index (κ1) is 17.0. The van der Waals surface area contributed by atoms with Gasteiger partial charge in [-0.25, -0.2) is 4.79 Å². The highest BCUT2D eigenvalue weighted by Gasteiger charge is 2.21. The third-order valence-corrected chi connectivity index (χ3v) is 3.39. The minimum Gasteiger partial charge on any atom is -0.451 e. The first-order valence-corrected chi connectivity index (χ1v) is 7.07. The van der Waals surface area contributed by atoms with Crippen LogP contribution in [0.3, 0.4) is 0 Å². The van der Waals surface area contributed by atoms with E-state index < -0.39 is 5.97 Å². The van der Waals surface area contributed by atoms with Crippen LogP contribution >= 0.6 is 0 Å². The van der Waals surface area contributed by atoms with Gasteiger partial charge in [-0.05, 0) is 26.7 Å². The Morgan fingerprint density at radius 2 is 2.00 bits per heavy atom. The third kappa shape index (κ3) is 4.21. The van der Waals surface area contributed by atoms with Crippen molar-refractivity contribution in [2.24, 2.45) is 5.92 Å². The van der Waals surface area contributed by atoms with Crippen LogP contribution in [0.5, 0.6) is 0 Å². The van der Waals surface area contributed by atoms with E-state index in [1.165, 1.54) is 4.68 Å². The molecule has 0 saturated heterocycles. The van der Waals surface area contributed by atoms with Crippen molar-refractivity contribution >= 4 is 17.6 Å². The number of anilines is 1. The minimum absolute atomic E-state index is 0.0182. The van der Waals surface area contributed by atoms with Gasteiger partial charge >= 0.3 is 5.97 Å². The summed E-state index contributed by atoms with van der Waals surface area (Å²) in [7, 11) is 0. The van der Waals surface area contributed by atoms with Crippen molar-refractivity contribution in [1.82, 2.24) is 15.1 Å². The number of nitrogens with two attached hydrogens (primary N) is 1. The molecule has 1 unspecified atom stereocenters. The van der Waals surface area contributed by atoms with Crippen LogP contribution in [0.2, 0.25) is 0 Å². The third-order valence-electron chi connectivity index (χ3n) is 3.39. The fourth-order valence-corrected chi connectivity index (χ4v) is 1.70. The number of amides is 1. The van der Waals surface area contributed by atoms with Gasteiger partial charge in [0.05, 0.1) is 11.4 Å². The average molecular weight is 296 g/mol. The van der Waals surface area contributed by atoms with Gasteiger partial charge in [-0.2, -0.15) is 5.10 Å². The largest absolute Gasteiger partial charge is 0.451 e. The normalized spacial score (nSPS) is 12.3. The number of nitrogens with one attached hydrogen (secondary N) is 1. The number of ether oxygens (including phenoxy) is 1. The molecule has 0 aliphatic rings. The number of hydrogen-bond acceptors (Lipinski definition) is 5. The van der Waals surface area contributed by atoms with Gasteiger partial charge in [-0.15, -0.1) is 0 Å². The molecular formula is C14H24N4O3. The fraction of sp³-hybridized carbons (Fsp3) is 0.643. The van der Waals surface area contributed by atoms with Gasteiger partial charge in [0.25, 0.3) is 5.91 Å². The summed E-state index contributed by atoms with van der Waals surface area (Å²) in [5.41, 5.74) is 6.88. The van der Waals surface area contributed by atoms with Crippen LogP contribution in [0.25, 0.3) is 0 Å². The Hall–Kier alpha value is -2.05. The SMILES string of the molecule is CCn1nc(C)c(N)c1C(=O)OCC(=O)NC(C)C(C)C. The van der Waals surface area contributed by atoms with Crippen LogP contribution < -0.4 is 11.1 Å². The Morgan fingerprint density at radius 3 is 2.52 bits per heavy atom. The standard InChI is InChI=1S/C14H24N4O3/c1-6-18-13(12(15)10(5)17-18)14(20)21-7-11(19)16-9(4)8(2)3/h8-9H,6-7,15H2,1-5H3,(H,16,19). The van der Waals surface area contributed by atoms with Gasteiger partial charge in [0.15, 0.2) is 12.3 Å². The van der Waals surface area contributed by atoms with Crippen LogP contribution in [0.4, 0.5) is 5.69 Å². The molecule has 0 aromatic carbocycles. The molecule has 1 aromatic heterocycles. The molecule has 1 heterocycles. The van der Waals surface area contributed by atoms with Gasteiger partial charge in [-0.1, -0.05) is 13.8 Å². The highest BCUT2D eigenvalue weighted by atomic mass is 16.5. The lowest BCUT2D eigenvalue weighted by Crippen LogP contribution is -2.38. The van der Waals surface area contributed by atoms with E-state index in [-0.39, 0.29) is 29.9 Å². The molecule has 0 aliphatic carbocycles. The van der Waals surface area contributed by atoms with Crippen molar-refractivity contribution in [3.05, 3.63) is 11.4 Å². The van der Waals surface area contributed by atoms with Gasteiger partial charge in [0.1, 0.15) is 0 Å². The zero-order valence-corrected chi connectivity index (χ0v) is 13.3. The van der Waals surface area contributed by atoms with Crippen LogP contribution in [-0.4, -0.2) is 34.3 Å². The van der Waals surface area contributed by atoms with E-state index in [1.54, 1.807) is 6.92 Å². The van der Waals surface area contributed by atoms with Gasteiger partial charge in [0.2, 0.25) is 0 Å². The lowest BCUT2D eigenvalue weighted by molar-refractivity contribution is -0.125. The molecule has 7 nitrogen and oxygen atoms in total. The van der Waals surface area contributed by atoms with Crippen LogP contribution in [0, 0.1) is 12.8 Å². The smallest absolute Gasteiger partial charge is 0.359 e. The molecule has 0 aliphatic heterocycles. The maximum absolute atomic E-state index is 12.0. The lowest BCUT2D eigenvalue weighted by Gasteiger charge is -2.17. The van der Waals surface area contributed by atoms with Crippen molar-refractivity contribution in [2.45, 2.75) is 47.2 Å². The second-order valence-electron chi connectivity index (χ2n) is 5.34. The van der Waals surface area contributed by atoms with E-state index in [0.717, 1.165) is 0 Å². The second kappa shape index (κ2) is 7.10. The molecule has 0 spiro atoms. The highest BCUT2D eigenvalue weighted by Crippen LogP contribution is 2.17. The number of carbonyl (C=O) groups excluding carboxylic acids is 2. The summed E-state index contributed by atoms with van der Waals surface area (Å²) >= 11 is 0. The molecule has 118 valence electrons. The summed E-state index contributed by atoms with van der Waals surface area (Å²) in [4.78, 5) is 23.7. The maximum atomic E-state index is 12.0. The number of carbonyl (C=O) groups is 2.